The van der Waals surface area contributed by atoms with E-state index < -0.39 is 21.2 Å². The number of fused-ring (bicyclic) bond motifs is 1. The molecule has 0 aliphatic carbocycles. The van der Waals surface area contributed by atoms with Crippen molar-refractivity contribution in [3.63, 3.8) is 0 Å². The molecule has 1 aromatic heterocycles. The molecule has 2 unspecified atom stereocenters. The molecule has 2 atom stereocenters. The lowest BCUT2D eigenvalue weighted by atomic mass is 10.3. The van der Waals surface area contributed by atoms with Gasteiger partial charge in [-0.1, -0.05) is 6.92 Å². The molecule has 1 aliphatic rings. The standard InChI is InChI=1S/C11H16O6S2/c1-3-11(2,19(12,13)14)16-5-8-4-15-9-6-18-7-10(9)17-8/h6-8H,3-5H2,1-2H3,(H,12,13,14). The third-order valence-electron chi connectivity index (χ3n) is 3.07. The Labute approximate surface area is 116 Å². The van der Waals surface area contributed by atoms with Crippen LogP contribution in [0.2, 0.25) is 0 Å². The average molecular weight is 308 g/mol. The predicted octanol–water partition coefficient (Wildman–Crippen LogP) is 1.92. The van der Waals surface area contributed by atoms with Gasteiger partial charge >= 0.3 is 0 Å². The van der Waals surface area contributed by atoms with Gasteiger partial charge in [-0.25, -0.2) is 0 Å². The molecule has 108 valence electrons. The largest absolute Gasteiger partial charge is 0.485 e. The third kappa shape index (κ3) is 3.02. The van der Waals surface area contributed by atoms with E-state index in [2.05, 4.69) is 0 Å². The van der Waals surface area contributed by atoms with Gasteiger partial charge in [-0.15, -0.1) is 11.3 Å². The highest BCUT2D eigenvalue weighted by molar-refractivity contribution is 7.87. The lowest BCUT2D eigenvalue weighted by Gasteiger charge is -2.29. The first kappa shape index (κ1) is 14.6. The molecule has 2 heterocycles. The molecule has 19 heavy (non-hydrogen) atoms. The number of rotatable bonds is 5. The van der Waals surface area contributed by atoms with Crippen molar-refractivity contribution in [1.82, 2.24) is 0 Å². The Kier molecular flexibility index (Phi) is 4.05. The summed E-state index contributed by atoms with van der Waals surface area (Å²) in [5.74, 6) is 1.32. The van der Waals surface area contributed by atoms with Crippen LogP contribution in [0.1, 0.15) is 20.3 Å². The molecule has 0 amide bonds. The van der Waals surface area contributed by atoms with E-state index in [0.717, 1.165) is 0 Å². The van der Waals surface area contributed by atoms with Crippen LogP contribution in [0.25, 0.3) is 0 Å². The van der Waals surface area contributed by atoms with Crippen LogP contribution in [-0.4, -0.2) is 37.2 Å². The molecule has 8 heteroatoms. The topological polar surface area (TPSA) is 82.1 Å². The molecule has 0 bridgehead atoms. The highest BCUT2D eigenvalue weighted by atomic mass is 32.2. The second-order valence-electron chi connectivity index (χ2n) is 4.42. The van der Waals surface area contributed by atoms with E-state index in [1.54, 1.807) is 6.92 Å². The van der Waals surface area contributed by atoms with Gasteiger partial charge in [0.05, 0.1) is 6.61 Å². The highest BCUT2D eigenvalue weighted by Crippen LogP contribution is 2.35. The molecule has 0 spiro atoms. The Hall–Kier alpha value is -0.830. The fraction of sp³-hybridized carbons (Fsp3) is 0.636. The van der Waals surface area contributed by atoms with Gasteiger partial charge in [-0.05, 0) is 13.3 Å². The number of hydrogen-bond donors (Lipinski definition) is 1. The van der Waals surface area contributed by atoms with Crippen LogP contribution in [-0.2, 0) is 14.9 Å². The minimum atomic E-state index is -4.28. The smallest absolute Gasteiger partial charge is 0.294 e. The van der Waals surface area contributed by atoms with Gasteiger partial charge in [0.2, 0.25) is 0 Å². The molecule has 0 radical (unpaired) electrons. The van der Waals surface area contributed by atoms with Gasteiger partial charge < -0.3 is 14.2 Å². The minimum Gasteiger partial charge on any atom is -0.485 e. The SMILES string of the molecule is CCC(C)(OCC1COc2cscc2O1)S(=O)(=O)O. The lowest BCUT2D eigenvalue weighted by Crippen LogP contribution is -2.42. The van der Waals surface area contributed by atoms with Crippen LogP contribution < -0.4 is 9.47 Å². The quantitative estimate of drug-likeness (QED) is 0.837. The van der Waals surface area contributed by atoms with Crippen molar-refractivity contribution >= 4 is 21.5 Å². The van der Waals surface area contributed by atoms with Gasteiger partial charge in [-0.3, -0.25) is 4.55 Å². The second-order valence-corrected chi connectivity index (χ2v) is 6.98. The van der Waals surface area contributed by atoms with Gasteiger partial charge in [0, 0.05) is 10.8 Å². The van der Waals surface area contributed by atoms with Crippen molar-refractivity contribution in [1.29, 1.82) is 0 Å². The number of hydrogen-bond acceptors (Lipinski definition) is 6. The molecule has 1 N–H and O–H groups in total. The molecular formula is C11H16O6S2. The maximum absolute atomic E-state index is 11.3. The summed E-state index contributed by atoms with van der Waals surface area (Å²) >= 11 is 1.46. The van der Waals surface area contributed by atoms with Crippen molar-refractivity contribution in [2.45, 2.75) is 31.3 Å². The summed E-state index contributed by atoms with van der Waals surface area (Å²) in [5.41, 5.74) is 0. The molecule has 6 nitrogen and oxygen atoms in total. The first-order valence-electron chi connectivity index (χ1n) is 5.82. The molecule has 0 saturated heterocycles. The fourth-order valence-electron chi connectivity index (χ4n) is 1.57. The monoisotopic (exact) mass is 308 g/mol. The molecule has 0 aromatic carbocycles. The minimum absolute atomic E-state index is 0.0272. The summed E-state index contributed by atoms with van der Waals surface area (Å²) in [7, 11) is -4.28. The molecule has 1 aromatic rings. The lowest BCUT2D eigenvalue weighted by molar-refractivity contribution is -0.0415. The zero-order valence-corrected chi connectivity index (χ0v) is 12.3. The van der Waals surface area contributed by atoms with Gasteiger partial charge in [0.15, 0.2) is 22.5 Å². The van der Waals surface area contributed by atoms with E-state index in [0.29, 0.717) is 11.5 Å². The Balaban J connectivity index is 1.97. The molecule has 0 saturated carbocycles. The summed E-state index contributed by atoms with van der Waals surface area (Å²) in [5, 5.41) is 3.64. The van der Waals surface area contributed by atoms with Crippen LogP contribution >= 0.6 is 11.3 Å². The van der Waals surface area contributed by atoms with E-state index in [9.17, 15) is 8.42 Å². The first-order chi connectivity index (χ1) is 8.86. The maximum Gasteiger partial charge on any atom is 0.294 e. The van der Waals surface area contributed by atoms with E-state index in [-0.39, 0.29) is 19.6 Å². The van der Waals surface area contributed by atoms with Crippen molar-refractivity contribution < 1.29 is 27.2 Å². The van der Waals surface area contributed by atoms with E-state index in [1.165, 1.54) is 18.3 Å². The van der Waals surface area contributed by atoms with Crippen molar-refractivity contribution in [3.8, 4) is 11.5 Å². The summed E-state index contributed by atoms with van der Waals surface area (Å²) < 4.78 is 48.1. The normalized spacial score (nSPS) is 21.9. The van der Waals surface area contributed by atoms with Crippen LogP contribution in [0.3, 0.4) is 0 Å². The first-order valence-corrected chi connectivity index (χ1v) is 8.20. The average Bonchev–Trinajstić information content (AvgIpc) is 2.81. The number of thiophene rings is 1. The van der Waals surface area contributed by atoms with Gasteiger partial charge in [-0.2, -0.15) is 8.42 Å². The summed E-state index contributed by atoms with van der Waals surface area (Å²) in [4.78, 5) is -1.62. The fourth-order valence-corrected chi connectivity index (χ4v) is 2.82. The van der Waals surface area contributed by atoms with Crippen molar-refractivity contribution in [3.05, 3.63) is 10.8 Å². The van der Waals surface area contributed by atoms with E-state index >= 15 is 0 Å². The Morgan fingerprint density at radius 2 is 2.21 bits per heavy atom. The maximum atomic E-state index is 11.3. The summed E-state index contributed by atoms with van der Waals surface area (Å²) in [6, 6.07) is 0. The molecular weight excluding hydrogens is 292 g/mol. The Morgan fingerprint density at radius 3 is 2.84 bits per heavy atom. The summed E-state index contributed by atoms with van der Waals surface area (Å²) in [6.07, 6.45) is -0.252. The highest BCUT2D eigenvalue weighted by Gasteiger charge is 2.38. The zero-order chi connectivity index (χ0) is 14.1. The van der Waals surface area contributed by atoms with Gasteiger partial charge in [0.1, 0.15) is 6.61 Å². The van der Waals surface area contributed by atoms with E-state index in [4.69, 9.17) is 18.8 Å². The van der Waals surface area contributed by atoms with Crippen LogP contribution in [0.15, 0.2) is 10.8 Å². The van der Waals surface area contributed by atoms with Gasteiger partial charge in [0.25, 0.3) is 10.1 Å². The van der Waals surface area contributed by atoms with Crippen LogP contribution in [0.5, 0.6) is 11.5 Å². The predicted molar refractivity (Wildman–Crippen MR) is 70.4 cm³/mol. The number of ether oxygens (including phenoxy) is 3. The molecule has 1 aliphatic heterocycles. The van der Waals surface area contributed by atoms with Crippen molar-refractivity contribution in [2.75, 3.05) is 13.2 Å². The molecule has 2 rings (SSSR count). The third-order valence-corrected chi connectivity index (χ3v) is 5.27. The van der Waals surface area contributed by atoms with E-state index in [1.807, 2.05) is 10.8 Å². The van der Waals surface area contributed by atoms with Crippen molar-refractivity contribution in [2.24, 2.45) is 0 Å². The summed E-state index contributed by atoms with van der Waals surface area (Å²) in [6.45, 7) is 3.28. The Morgan fingerprint density at radius 1 is 1.53 bits per heavy atom. The zero-order valence-electron chi connectivity index (χ0n) is 10.7. The van der Waals surface area contributed by atoms with Crippen LogP contribution in [0, 0.1) is 0 Å². The Bertz CT molecular complexity index is 537. The van der Waals surface area contributed by atoms with Crippen LogP contribution in [0.4, 0.5) is 0 Å². The molecule has 0 fully saturated rings. The second kappa shape index (κ2) is 5.28.